The van der Waals surface area contributed by atoms with Gasteiger partial charge >= 0.3 is 6.03 Å². The lowest BCUT2D eigenvalue weighted by atomic mass is 10.2. The van der Waals surface area contributed by atoms with Crippen molar-refractivity contribution in [1.29, 1.82) is 0 Å². The summed E-state index contributed by atoms with van der Waals surface area (Å²) in [6, 6.07) is 7.88. The lowest BCUT2D eigenvalue weighted by molar-refractivity contribution is 0.262. The zero-order chi connectivity index (χ0) is 14.7. The second-order valence-electron chi connectivity index (χ2n) is 3.95. The monoisotopic (exact) mass is 313 g/mol. The normalized spacial score (nSPS) is 10.2. The van der Waals surface area contributed by atoms with E-state index < -0.39 is 11.8 Å². The van der Waals surface area contributed by atoms with Crippen molar-refractivity contribution in [3.8, 4) is 0 Å². The fraction of sp³-hybridized carbons (Fsp3) is 0. The Morgan fingerprint density at radius 2 is 1.80 bits per heavy atom. The number of rotatable bonds is 2. The van der Waals surface area contributed by atoms with Gasteiger partial charge in [-0.15, -0.1) is 0 Å². The summed E-state index contributed by atoms with van der Waals surface area (Å²) in [5, 5.41) is 5.54. The third-order valence-electron chi connectivity index (χ3n) is 2.42. The number of nitrogens with one attached hydrogen (secondary N) is 2. The van der Waals surface area contributed by atoms with E-state index in [4.69, 9.17) is 28.9 Å². The van der Waals surface area contributed by atoms with Gasteiger partial charge in [-0.25, -0.2) is 9.18 Å². The lowest BCUT2D eigenvalue weighted by Crippen LogP contribution is -2.20. The van der Waals surface area contributed by atoms with E-state index >= 15 is 0 Å². The quantitative estimate of drug-likeness (QED) is 0.721. The van der Waals surface area contributed by atoms with Crippen molar-refractivity contribution in [3.63, 3.8) is 0 Å². The van der Waals surface area contributed by atoms with Gasteiger partial charge in [-0.1, -0.05) is 23.2 Å². The molecule has 20 heavy (non-hydrogen) atoms. The Morgan fingerprint density at radius 3 is 2.50 bits per heavy atom. The lowest BCUT2D eigenvalue weighted by Gasteiger charge is -2.09. The smallest absolute Gasteiger partial charge is 0.323 e. The molecule has 0 saturated carbocycles. The van der Waals surface area contributed by atoms with Crippen molar-refractivity contribution in [3.05, 3.63) is 52.3 Å². The van der Waals surface area contributed by atoms with Gasteiger partial charge in [0.1, 0.15) is 5.82 Å². The second-order valence-corrected chi connectivity index (χ2v) is 4.76. The standard InChI is InChI=1S/C13H10Cl2FN3O/c14-9-3-2-8(6-10(9)15)18-13(20)19-12-5-7(17)1-4-11(12)16/h1-6H,17H2,(H2,18,19,20). The van der Waals surface area contributed by atoms with Crippen molar-refractivity contribution < 1.29 is 9.18 Å². The molecule has 7 heteroatoms. The van der Waals surface area contributed by atoms with Gasteiger partial charge in [0.05, 0.1) is 15.7 Å². The van der Waals surface area contributed by atoms with Crippen molar-refractivity contribution in [1.82, 2.24) is 0 Å². The molecule has 0 heterocycles. The van der Waals surface area contributed by atoms with E-state index in [0.29, 0.717) is 21.4 Å². The van der Waals surface area contributed by atoms with E-state index in [1.165, 1.54) is 24.3 Å². The zero-order valence-electron chi connectivity index (χ0n) is 10.1. The molecule has 0 bridgehead atoms. The Kier molecular flexibility index (Phi) is 4.32. The van der Waals surface area contributed by atoms with E-state index in [1.54, 1.807) is 12.1 Å². The second kappa shape index (κ2) is 5.98. The van der Waals surface area contributed by atoms with Crippen LogP contribution in [0, 0.1) is 5.82 Å². The Balaban J connectivity index is 2.09. The first-order chi connectivity index (χ1) is 9.45. The molecule has 0 aliphatic carbocycles. The average molecular weight is 314 g/mol. The number of carbonyl (C=O) groups is 1. The van der Waals surface area contributed by atoms with Crippen LogP contribution in [0.2, 0.25) is 10.0 Å². The molecule has 0 radical (unpaired) electrons. The van der Waals surface area contributed by atoms with Gasteiger partial charge < -0.3 is 16.4 Å². The molecular weight excluding hydrogens is 304 g/mol. The Labute approximate surface area is 124 Å². The van der Waals surface area contributed by atoms with Gasteiger partial charge in [-0.2, -0.15) is 0 Å². The number of urea groups is 1. The van der Waals surface area contributed by atoms with E-state index in [0.717, 1.165) is 0 Å². The molecule has 4 nitrogen and oxygen atoms in total. The van der Waals surface area contributed by atoms with Crippen LogP contribution in [0.5, 0.6) is 0 Å². The molecule has 2 rings (SSSR count). The molecule has 0 saturated heterocycles. The molecule has 0 unspecified atom stereocenters. The largest absolute Gasteiger partial charge is 0.399 e. The van der Waals surface area contributed by atoms with Crippen LogP contribution in [0.3, 0.4) is 0 Å². The summed E-state index contributed by atoms with van der Waals surface area (Å²) in [6.07, 6.45) is 0. The van der Waals surface area contributed by atoms with Gasteiger partial charge in [-0.3, -0.25) is 0 Å². The molecule has 4 N–H and O–H groups in total. The first-order valence-electron chi connectivity index (χ1n) is 5.54. The Hall–Kier alpha value is -1.98. The zero-order valence-corrected chi connectivity index (χ0v) is 11.6. The van der Waals surface area contributed by atoms with Crippen molar-refractivity contribution in [2.24, 2.45) is 0 Å². The van der Waals surface area contributed by atoms with Crippen LogP contribution in [0.15, 0.2) is 36.4 Å². The third-order valence-corrected chi connectivity index (χ3v) is 3.16. The summed E-state index contributed by atoms with van der Waals surface area (Å²) in [4.78, 5) is 11.7. The minimum Gasteiger partial charge on any atom is -0.399 e. The summed E-state index contributed by atoms with van der Waals surface area (Å²) in [5.41, 5.74) is 6.29. The minimum absolute atomic E-state index is 0.0115. The highest BCUT2D eigenvalue weighted by atomic mass is 35.5. The minimum atomic E-state index is -0.618. The van der Waals surface area contributed by atoms with Gasteiger partial charge in [-0.05, 0) is 36.4 Å². The molecule has 0 atom stereocenters. The van der Waals surface area contributed by atoms with Crippen LogP contribution in [0.4, 0.5) is 26.2 Å². The number of anilines is 3. The number of carbonyl (C=O) groups excluding carboxylic acids is 1. The Bertz CT molecular complexity index is 664. The van der Waals surface area contributed by atoms with Crippen molar-refractivity contribution in [2.45, 2.75) is 0 Å². The molecule has 104 valence electrons. The van der Waals surface area contributed by atoms with Crippen LogP contribution >= 0.6 is 23.2 Å². The summed E-state index contributed by atoms with van der Waals surface area (Å²) in [6.45, 7) is 0. The topological polar surface area (TPSA) is 67.1 Å². The predicted molar refractivity (Wildman–Crippen MR) is 79.9 cm³/mol. The maximum absolute atomic E-state index is 13.4. The fourth-order valence-corrected chi connectivity index (χ4v) is 1.80. The molecule has 0 aliphatic rings. The highest BCUT2D eigenvalue weighted by Gasteiger charge is 2.08. The van der Waals surface area contributed by atoms with Crippen LogP contribution < -0.4 is 16.4 Å². The molecule has 2 aromatic carbocycles. The van der Waals surface area contributed by atoms with Crippen molar-refractivity contribution in [2.75, 3.05) is 16.4 Å². The van der Waals surface area contributed by atoms with Gasteiger partial charge in [0.15, 0.2) is 0 Å². The summed E-state index contributed by atoms with van der Waals surface area (Å²) >= 11 is 11.6. The van der Waals surface area contributed by atoms with Crippen LogP contribution in [-0.4, -0.2) is 6.03 Å². The summed E-state index contributed by atoms with van der Waals surface area (Å²) in [5.74, 6) is -0.580. The van der Waals surface area contributed by atoms with E-state index in [-0.39, 0.29) is 5.69 Å². The first kappa shape index (κ1) is 14.4. The molecular formula is C13H10Cl2FN3O. The van der Waals surface area contributed by atoms with E-state index in [2.05, 4.69) is 10.6 Å². The molecule has 0 aromatic heterocycles. The summed E-state index contributed by atoms with van der Waals surface area (Å²) < 4.78 is 13.4. The maximum Gasteiger partial charge on any atom is 0.323 e. The number of hydrogen-bond donors (Lipinski definition) is 3. The first-order valence-corrected chi connectivity index (χ1v) is 6.29. The molecule has 2 amide bonds. The molecule has 0 spiro atoms. The highest BCUT2D eigenvalue weighted by molar-refractivity contribution is 6.42. The maximum atomic E-state index is 13.4. The van der Waals surface area contributed by atoms with Gasteiger partial charge in [0.25, 0.3) is 0 Å². The number of halogens is 3. The number of hydrogen-bond acceptors (Lipinski definition) is 2. The van der Waals surface area contributed by atoms with Gasteiger partial charge in [0.2, 0.25) is 0 Å². The van der Waals surface area contributed by atoms with Crippen LogP contribution in [0.25, 0.3) is 0 Å². The number of benzene rings is 2. The number of nitrogens with two attached hydrogens (primary N) is 1. The highest BCUT2D eigenvalue weighted by Crippen LogP contribution is 2.25. The Morgan fingerprint density at radius 1 is 1.05 bits per heavy atom. The number of nitrogen functional groups attached to an aromatic ring is 1. The average Bonchev–Trinajstić information content (AvgIpc) is 2.38. The van der Waals surface area contributed by atoms with E-state index in [1.807, 2.05) is 0 Å². The third kappa shape index (κ3) is 3.53. The molecule has 0 aliphatic heterocycles. The SMILES string of the molecule is Nc1ccc(F)c(NC(=O)Nc2ccc(Cl)c(Cl)c2)c1. The van der Waals surface area contributed by atoms with Gasteiger partial charge in [0, 0.05) is 11.4 Å². The van der Waals surface area contributed by atoms with E-state index in [9.17, 15) is 9.18 Å². The number of amides is 2. The van der Waals surface area contributed by atoms with Crippen LogP contribution in [-0.2, 0) is 0 Å². The molecule has 2 aromatic rings. The molecule has 0 fully saturated rings. The van der Waals surface area contributed by atoms with Crippen LogP contribution in [0.1, 0.15) is 0 Å². The fourth-order valence-electron chi connectivity index (χ4n) is 1.50. The predicted octanol–water partition coefficient (Wildman–Crippen LogP) is 4.36. The van der Waals surface area contributed by atoms with Crippen molar-refractivity contribution >= 4 is 46.3 Å². The summed E-state index contributed by atoms with van der Waals surface area (Å²) in [7, 11) is 0.